The van der Waals surface area contributed by atoms with Crippen molar-refractivity contribution < 1.29 is 10.2 Å². The minimum atomic E-state index is -0.284. The van der Waals surface area contributed by atoms with Crippen molar-refractivity contribution in [1.29, 1.82) is 0 Å². The molecule has 0 aromatic rings. The lowest BCUT2D eigenvalue weighted by atomic mass is 9.84. The van der Waals surface area contributed by atoms with Gasteiger partial charge in [-0.15, -0.1) is 0 Å². The molecule has 0 heterocycles. The van der Waals surface area contributed by atoms with E-state index in [1.165, 1.54) is 0 Å². The summed E-state index contributed by atoms with van der Waals surface area (Å²) in [6.07, 6.45) is 0.875. The molecule has 0 radical (unpaired) electrons. The van der Waals surface area contributed by atoms with Crippen LogP contribution < -0.4 is 0 Å². The topological polar surface area (TPSA) is 40.5 Å². The average molecular weight is 146 g/mol. The number of aliphatic hydroxyl groups excluding tert-OH is 2. The highest BCUT2D eigenvalue weighted by Crippen LogP contribution is 2.24. The molecule has 62 valence electrons. The van der Waals surface area contributed by atoms with Crippen LogP contribution in [0.15, 0.2) is 0 Å². The fourth-order valence-electron chi connectivity index (χ4n) is 1.16. The van der Waals surface area contributed by atoms with Crippen LogP contribution in [0.4, 0.5) is 0 Å². The Labute approximate surface area is 62.9 Å². The quantitative estimate of drug-likeness (QED) is 0.621. The van der Waals surface area contributed by atoms with Gasteiger partial charge in [-0.25, -0.2) is 0 Å². The van der Waals surface area contributed by atoms with Crippen LogP contribution in [0.5, 0.6) is 0 Å². The summed E-state index contributed by atoms with van der Waals surface area (Å²) in [6, 6.07) is 0. The van der Waals surface area contributed by atoms with E-state index in [4.69, 9.17) is 10.2 Å². The first kappa shape index (κ1) is 9.92. The van der Waals surface area contributed by atoms with Crippen molar-refractivity contribution >= 4 is 0 Å². The fourth-order valence-corrected chi connectivity index (χ4v) is 1.16. The molecule has 0 saturated heterocycles. The molecule has 0 fully saturated rings. The van der Waals surface area contributed by atoms with Crippen molar-refractivity contribution in [3.63, 3.8) is 0 Å². The highest BCUT2D eigenvalue weighted by molar-refractivity contribution is 4.73. The minimum Gasteiger partial charge on any atom is -0.396 e. The third kappa shape index (κ3) is 3.18. The third-order valence-electron chi connectivity index (χ3n) is 1.66. The molecule has 0 aliphatic heterocycles. The van der Waals surface area contributed by atoms with Gasteiger partial charge in [-0.2, -0.15) is 0 Å². The Balaban J connectivity index is 3.80. The zero-order valence-corrected chi connectivity index (χ0v) is 7.09. The van der Waals surface area contributed by atoms with Crippen LogP contribution in [-0.4, -0.2) is 23.4 Å². The average Bonchev–Trinajstić information content (AvgIpc) is 1.87. The lowest BCUT2D eigenvalue weighted by Crippen LogP contribution is -2.27. The van der Waals surface area contributed by atoms with E-state index in [9.17, 15) is 0 Å². The highest BCUT2D eigenvalue weighted by atomic mass is 16.3. The molecule has 0 atom stereocenters. The SMILES string of the molecule is CC(C)CC(C)(CO)CO. The molecule has 0 unspecified atom stereocenters. The molecule has 0 aromatic heterocycles. The normalized spacial score (nSPS) is 12.6. The summed E-state index contributed by atoms with van der Waals surface area (Å²) in [6.45, 7) is 6.21. The van der Waals surface area contributed by atoms with Crippen molar-refractivity contribution in [1.82, 2.24) is 0 Å². The van der Waals surface area contributed by atoms with Crippen molar-refractivity contribution in [2.45, 2.75) is 27.2 Å². The number of hydrogen-bond donors (Lipinski definition) is 2. The summed E-state index contributed by atoms with van der Waals surface area (Å²) in [5.74, 6) is 0.532. The van der Waals surface area contributed by atoms with E-state index >= 15 is 0 Å². The van der Waals surface area contributed by atoms with E-state index in [0.717, 1.165) is 6.42 Å². The number of aliphatic hydroxyl groups is 2. The van der Waals surface area contributed by atoms with Crippen molar-refractivity contribution in [2.75, 3.05) is 13.2 Å². The Kier molecular flexibility index (Phi) is 3.91. The standard InChI is InChI=1S/C8H18O2/c1-7(2)4-8(3,5-9)6-10/h7,9-10H,4-6H2,1-3H3. The highest BCUT2D eigenvalue weighted by Gasteiger charge is 2.22. The third-order valence-corrected chi connectivity index (χ3v) is 1.66. The van der Waals surface area contributed by atoms with Gasteiger partial charge in [-0.3, -0.25) is 0 Å². The van der Waals surface area contributed by atoms with Crippen LogP contribution in [0, 0.1) is 11.3 Å². The van der Waals surface area contributed by atoms with E-state index in [0.29, 0.717) is 5.92 Å². The summed E-state index contributed by atoms with van der Waals surface area (Å²) in [7, 11) is 0. The maximum absolute atomic E-state index is 8.87. The van der Waals surface area contributed by atoms with E-state index in [1.807, 2.05) is 6.92 Å². The predicted molar refractivity (Wildman–Crippen MR) is 41.7 cm³/mol. The number of rotatable bonds is 4. The maximum atomic E-state index is 8.87. The van der Waals surface area contributed by atoms with Crippen LogP contribution in [0.1, 0.15) is 27.2 Å². The van der Waals surface area contributed by atoms with Gasteiger partial charge in [0.25, 0.3) is 0 Å². The zero-order valence-electron chi connectivity index (χ0n) is 7.09. The van der Waals surface area contributed by atoms with E-state index < -0.39 is 0 Å². The molecular formula is C8H18O2. The molecule has 0 spiro atoms. The van der Waals surface area contributed by atoms with Crippen molar-refractivity contribution in [3.8, 4) is 0 Å². The second-order valence-electron chi connectivity index (χ2n) is 3.72. The first-order chi connectivity index (χ1) is 4.54. The van der Waals surface area contributed by atoms with Gasteiger partial charge in [0.05, 0.1) is 13.2 Å². The van der Waals surface area contributed by atoms with Gasteiger partial charge in [-0.1, -0.05) is 20.8 Å². The molecule has 2 nitrogen and oxygen atoms in total. The van der Waals surface area contributed by atoms with Gasteiger partial charge in [0.2, 0.25) is 0 Å². The molecule has 2 N–H and O–H groups in total. The second kappa shape index (κ2) is 3.94. The first-order valence-electron chi connectivity index (χ1n) is 3.76. The summed E-state index contributed by atoms with van der Waals surface area (Å²) in [4.78, 5) is 0. The first-order valence-corrected chi connectivity index (χ1v) is 3.76. The lowest BCUT2D eigenvalue weighted by Gasteiger charge is -2.26. The van der Waals surface area contributed by atoms with Gasteiger partial charge in [0.15, 0.2) is 0 Å². The molecule has 0 aromatic carbocycles. The Morgan fingerprint density at radius 1 is 1.20 bits per heavy atom. The molecule has 0 bridgehead atoms. The van der Waals surface area contributed by atoms with Crippen LogP contribution in [0.25, 0.3) is 0 Å². The summed E-state index contributed by atoms with van der Waals surface area (Å²) < 4.78 is 0. The Morgan fingerprint density at radius 2 is 1.60 bits per heavy atom. The van der Waals surface area contributed by atoms with Crippen LogP contribution in [-0.2, 0) is 0 Å². The molecule has 10 heavy (non-hydrogen) atoms. The van der Waals surface area contributed by atoms with E-state index in [1.54, 1.807) is 0 Å². The van der Waals surface area contributed by atoms with Crippen LogP contribution in [0.2, 0.25) is 0 Å². The Hall–Kier alpha value is -0.0800. The van der Waals surface area contributed by atoms with Gasteiger partial charge in [0, 0.05) is 5.41 Å². The van der Waals surface area contributed by atoms with Crippen molar-refractivity contribution in [3.05, 3.63) is 0 Å². The van der Waals surface area contributed by atoms with E-state index in [2.05, 4.69) is 13.8 Å². The second-order valence-corrected chi connectivity index (χ2v) is 3.72. The van der Waals surface area contributed by atoms with Gasteiger partial charge < -0.3 is 10.2 Å². The molecule has 0 rings (SSSR count). The van der Waals surface area contributed by atoms with Crippen LogP contribution >= 0.6 is 0 Å². The van der Waals surface area contributed by atoms with Crippen molar-refractivity contribution in [2.24, 2.45) is 11.3 Å². The zero-order chi connectivity index (χ0) is 8.20. The molecular weight excluding hydrogens is 128 g/mol. The monoisotopic (exact) mass is 146 g/mol. The molecule has 0 aliphatic rings. The van der Waals surface area contributed by atoms with Gasteiger partial charge in [0.1, 0.15) is 0 Å². The number of hydrogen-bond acceptors (Lipinski definition) is 2. The predicted octanol–water partition coefficient (Wildman–Crippen LogP) is 1.02. The van der Waals surface area contributed by atoms with Gasteiger partial charge >= 0.3 is 0 Å². The lowest BCUT2D eigenvalue weighted by molar-refractivity contribution is 0.0524. The smallest absolute Gasteiger partial charge is 0.0506 e. The Bertz CT molecular complexity index is 85.3. The molecule has 0 aliphatic carbocycles. The molecule has 2 heteroatoms. The Morgan fingerprint density at radius 3 is 1.70 bits per heavy atom. The summed E-state index contributed by atoms with van der Waals surface area (Å²) in [5.41, 5.74) is -0.284. The molecule has 0 saturated carbocycles. The minimum absolute atomic E-state index is 0.0711. The molecule has 0 amide bonds. The maximum Gasteiger partial charge on any atom is 0.0506 e. The van der Waals surface area contributed by atoms with E-state index in [-0.39, 0.29) is 18.6 Å². The largest absolute Gasteiger partial charge is 0.396 e. The van der Waals surface area contributed by atoms with Crippen LogP contribution in [0.3, 0.4) is 0 Å². The summed E-state index contributed by atoms with van der Waals surface area (Å²) in [5, 5.41) is 17.7. The van der Waals surface area contributed by atoms with Gasteiger partial charge in [-0.05, 0) is 12.3 Å². The summed E-state index contributed by atoms with van der Waals surface area (Å²) >= 11 is 0. The fraction of sp³-hybridized carbons (Fsp3) is 1.00.